The van der Waals surface area contributed by atoms with E-state index in [2.05, 4.69) is 10.6 Å². The monoisotopic (exact) mass is 272 g/mol. The van der Waals surface area contributed by atoms with E-state index in [4.69, 9.17) is 9.47 Å². The number of amides is 1. The van der Waals surface area contributed by atoms with Crippen LogP contribution in [-0.4, -0.2) is 43.4 Å². The highest BCUT2D eigenvalue weighted by molar-refractivity contribution is 5.71. The molecular weight excluding hydrogens is 248 g/mol. The van der Waals surface area contributed by atoms with Gasteiger partial charge in [0.2, 0.25) is 0 Å². The molecule has 0 radical (unpaired) electrons. The first-order chi connectivity index (χ1) is 8.81. The highest BCUT2D eigenvalue weighted by Crippen LogP contribution is 2.15. The van der Waals surface area contributed by atoms with Crippen molar-refractivity contribution < 1.29 is 19.1 Å². The lowest BCUT2D eigenvalue weighted by Crippen LogP contribution is -2.43. The minimum Gasteiger partial charge on any atom is -0.466 e. The predicted molar refractivity (Wildman–Crippen MR) is 70.8 cm³/mol. The Kier molecular flexibility index (Phi) is 5.60. The number of rotatable bonds is 4. The maximum atomic E-state index is 11.7. The molecule has 1 amide bonds. The molecule has 0 saturated carbocycles. The first kappa shape index (κ1) is 15.8. The molecule has 0 aliphatic carbocycles. The Balaban J connectivity index is 2.43. The number of esters is 1. The summed E-state index contributed by atoms with van der Waals surface area (Å²) in [6.07, 6.45) is -0.142. The van der Waals surface area contributed by atoms with Crippen LogP contribution in [0.25, 0.3) is 0 Å². The summed E-state index contributed by atoms with van der Waals surface area (Å²) >= 11 is 0. The van der Waals surface area contributed by atoms with Crippen molar-refractivity contribution in [3.63, 3.8) is 0 Å². The van der Waals surface area contributed by atoms with Crippen LogP contribution in [0.2, 0.25) is 0 Å². The van der Waals surface area contributed by atoms with Crippen molar-refractivity contribution in [1.29, 1.82) is 0 Å². The third kappa shape index (κ3) is 5.92. The van der Waals surface area contributed by atoms with E-state index in [0.717, 1.165) is 0 Å². The van der Waals surface area contributed by atoms with Crippen LogP contribution in [0.1, 0.15) is 34.1 Å². The van der Waals surface area contributed by atoms with Gasteiger partial charge >= 0.3 is 12.1 Å². The Labute approximate surface area is 114 Å². The van der Waals surface area contributed by atoms with Gasteiger partial charge in [-0.05, 0) is 27.7 Å². The molecule has 2 N–H and O–H groups in total. The second-order valence-corrected chi connectivity index (χ2v) is 5.68. The van der Waals surface area contributed by atoms with E-state index in [1.54, 1.807) is 6.92 Å². The topological polar surface area (TPSA) is 76.7 Å². The molecule has 0 aromatic heterocycles. The largest absolute Gasteiger partial charge is 0.466 e. The standard InChI is InChI=1S/C13H24N2O4/c1-5-18-11(16)6-9-7-14-8-10(9)15-12(17)19-13(2,3)4/h9-10,14H,5-8H2,1-4H3,(H,15,17). The highest BCUT2D eigenvalue weighted by Gasteiger charge is 2.31. The Morgan fingerprint density at radius 2 is 2.00 bits per heavy atom. The molecule has 6 heteroatoms. The molecule has 1 fully saturated rings. The molecule has 1 rings (SSSR count). The average Bonchev–Trinajstić information content (AvgIpc) is 2.62. The predicted octanol–water partition coefficient (Wildman–Crippen LogP) is 1.05. The normalized spacial score (nSPS) is 22.9. The average molecular weight is 272 g/mol. The summed E-state index contributed by atoms with van der Waals surface area (Å²) < 4.78 is 10.1. The maximum Gasteiger partial charge on any atom is 0.407 e. The SMILES string of the molecule is CCOC(=O)CC1CNCC1NC(=O)OC(C)(C)C. The second kappa shape index (κ2) is 6.75. The van der Waals surface area contributed by atoms with Gasteiger partial charge in [-0.1, -0.05) is 0 Å². The fourth-order valence-electron chi connectivity index (χ4n) is 2.01. The molecule has 1 saturated heterocycles. The number of alkyl carbamates (subject to hydrolysis) is 1. The molecule has 1 aliphatic heterocycles. The van der Waals surface area contributed by atoms with Crippen LogP contribution in [0.4, 0.5) is 4.79 Å². The Hall–Kier alpha value is -1.30. The van der Waals surface area contributed by atoms with Crippen LogP contribution in [0.15, 0.2) is 0 Å². The van der Waals surface area contributed by atoms with Gasteiger partial charge in [-0.2, -0.15) is 0 Å². The molecule has 0 aromatic rings. The van der Waals surface area contributed by atoms with E-state index >= 15 is 0 Å². The fraction of sp³-hybridized carbons (Fsp3) is 0.846. The third-order valence-electron chi connectivity index (χ3n) is 2.78. The van der Waals surface area contributed by atoms with Gasteiger partial charge in [0.05, 0.1) is 13.0 Å². The fourth-order valence-corrected chi connectivity index (χ4v) is 2.01. The Bertz CT molecular complexity index is 325. The zero-order valence-corrected chi connectivity index (χ0v) is 12.1. The van der Waals surface area contributed by atoms with Crippen molar-refractivity contribution in [3.05, 3.63) is 0 Å². The van der Waals surface area contributed by atoms with E-state index in [0.29, 0.717) is 26.1 Å². The minimum atomic E-state index is -0.521. The van der Waals surface area contributed by atoms with Gasteiger partial charge in [0, 0.05) is 25.0 Å². The zero-order chi connectivity index (χ0) is 14.5. The van der Waals surface area contributed by atoms with Crippen molar-refractivity contribution in [1.82, 2.24) is 10.6 Å². The molecule has 6 nitrogen and oxygen atoms in total. The first-order valence-electron chi connectivity index (χ1n) is 6.67. The van der Waals surface area contributed by atoms with E-state index in [1.807, 2.05) is 20.8 Å². The molecule has 0 aromatic carbocycles. The van der Waals surface area contributed by atoms with Crippen molar-refractivity contribution in [2.45, 2.75) is 45.8 Å². The third-order valence-corrected chi connectivity index (χ3v) is 2.78. The van der Waals surface area contributed by atoms with Crippen molar-refractivity contribution >= 4 is 12.1 Å². The van der Waals surface area contributed by atoms with Gasteiger partial charge in [0.15, 0.2) is 0 Å². The number of carbonyl (C=O) groups is 2. The van der Waals surface area contributed by atoms with Gasteiger partial charge in [-0.3, -0.25) is 4.79 Å². The van der Waals surface area contributed by atoms with Crippen LogP contribution in [0, 0.1) is 5.92 Å². The zero-order valence-electron chi connectivity index (χ0n) is 12.1. The van der Waals surface area contributed by atoms with Crippen molar-refractivity contribution in [2.24, 2.45) is 5.92 Å². The van der Waals surface area contributed by atoms with Crippen molar-refractivity contribution in [2.75, 3.05) is 19.7 Å². The van der Waals surface area contributed by atoms with Crippen LogP contribution in [0.3, 0.4) is 0 Å². The number of ether oxygens (including phenoxy) is 2. The molecular formula is C13H24N2O4. The smallest absolute Gasteiger partial charge is 0.407 e. The molecule has 1 heterocycles. The van der Waals surface area contributed by atoms with Gasteiger partial charge in [0.1, 0.15) is 5.60 Å². The van der Waals surface area contributed by atoms with E-state index in [-0.39, 0.29) is 17.9 Å². The number of hydrogen-bond acceptors (Lipinski definition) is 5. The summed E-state index contributed by atoms with van der Waals surface area (Å²) in [4.78, 5) is 23.2. The summed E-state index contributed by atoms with van der Waals surface area (Å²) in [6.45, 7) is 8.94. The van der Waals surface area contributed by atoms with E-state index in [1.165, 1.54) is 0 Å². The Morgan fingerprint density at radius 3 is 2.58 bits per heavy atom. The molecule has 1 aliphatic rings. The van der Waals surface area contributed by atoms with Gasteiger partial charge in [-0.15, -0.1) is 0 Å². The van der Waals surface area contributed by atoms with Gasteiger partial charge in [-0.25, -0.2) is 4.79 Å². The van der Waals surface area contributed by atoms with Crippen molar-refractivity contribution in [3.8, 4) is 0 Å². The minimum absolute atomic E-state index is 0.0477. The van der Waals surface area contributed by atoms with Crippen LogP contribution < -0.4 is 10.6 Å². The Morgan fingerprint density at radius 1 is 1.32 bits per heavy atom. The van der Waals surface area contributed by atoms with Crippen LogP contribution in [-0.2, 0) is 14.3 Å². The first-order valence-corrected chi connectivity index (χ1v) is 6.67. The molecule has 0 spiro atoms. The number of hydrogen-bond donors (Lipinski definition) is 2. The number of nitrogens with one attached hydrogen (secondary N) is 2. The molecule has 110 valence electrons. The summed E-state index contributed by atoms with van der Waals surface area (Å²) in [5.74, 6) is -0.182. The molecule has 2 atom stereocenters. The van der Waals surface area contributed by atoms with Crippen LogP contribution in [0.5, 0.6) is 0 Å². The number of carbonyl (C=O) groups excluding carboxylic acids is 2. The molecule has 0 bridgehead atoms. The molecule has 2 unspecified atom stereocenters. The molecule has 19 heavy (non-hydrogen) atoms. The summed E-state index contributed by atoms with van der Waals surface area (Å²) in [5.41, 5.74) is -0.521. The maximum absolute atomic E-state index is 11.7. The summed E-state index contributed by atoms with van der Waals surface area (Å²) in [5, 5.41) is 5.96. The summed E-state index contributed by atoms with van der Waals surface area (Å²) in [7, 11) is 0. The van der Waals surface area contributed by atoms with Crippen LogP contribution >= 0.6 is 0 Å². The quantitative estimate of drug-likeness (QED) is 0.748. The van der Waals surface area contributed by atoms with Gasteiger partial charge in [0.25, 0.3) is 0 Å². The summed E-state index contributed by atoms with van der Waals surface area (Å²) in [6, 6.07) is -0.0979. The van der Waals surface area contributed by atoms with E-state index < -0.39 is 11.7 Å². The lowest BCUT2D eigenvalue weighted by molar-refractivity contribution is -0.144. The lowest BCUT2D eigenvalue weighted by atomic mass is 10.00. The van der Waals surface area contributed by atoms with E-state index in [9.17, 15) is 9.59 Å². The lowest BCUT2D eigenvalue weighted by Gasteiger charge is -2.23. The highest BCUT2D eigenvalue weighted by atomic mass is 16.6. The van der Waals surface area contributed by atoms with Gasteiger partial charge < -0.3 is 20.1 Å². The second-order valence-electron chi connectivity index (χ2n) is 5.68.